The highest BCUT2D eigenvalue weighted by molar-refractivity contribution is 7.99. The van der Waals surface area contributed by atoms with Crippen LogP contribution in [0.4, 0.5) is 0 Å². The Morgan fingerprint density at radius 2 is 1.71 bits per heavy atom. The highest BCUT2D eigenvalue weighted by Gasteiger charge is 2.22. The van der Waals surface area contributed by atoms with Gasteiger partial charge in [0.15, 0.2) is 16.7 Å². The smallest absolute Gasteiger partial charge is 0.267 e. The number of carbonyl (C=O) groups is 2. The predicted octanol–water partition coefficient (Wildman–Crippen LogP) is 4.46. The maximum atomic E-state index is 13.4. The van der Waals surface area contributed by atoms with E-state index in [0.717, 1.165) is 5.56 Å². The van der Waals surface area contributed by atoms with Gasteiger partial charge in [-0.3, -0.25) is 18.8 Å². The number of fused-ring (bicyclic) bond motifs is 3. The maximum absolute atomic E-state index is 13.4. The minimum Gasteiger partial charge on any atom is -0.355 e. The van der Waals surface area contributed by atoms with Crippen LogP contribution in [0.5, 0.6) is 0 Å². The number of carbonyl (C=O) groups excluding carboxylic acids is 2. The summed E-state index contributed by atoms with van der Waals surface area (Å²) in [4.78, 5) is 41.5. The van der Waals surface area contributed by atoms with E-state index in [1.165, 1.54) is 23.3 Å². The Balaban J connectivity index is 1.59. The Morgan fingerprint density at radius 1 is 1.00 bits per heavy atom. The lowest BCUT2D eigenvalue weighted by atomic mass is 10.1. The zero-order chi connectivity index (χ0) is 24.9. The fourth-order valence-corrected chi connectivity index (χ4v) is 5.27. The van der Waals surface area contributed by atoms with Crippen molar-refractivity contribution in [1.82, 2.24) is 24.1 Å². The second-order valence-electron chi connectivity index (χ2n) is 8.50. The van der Waals surface area contributed by atoms with Crippen LogP contribution in [-0.4, -0.2) is 41.5 Å². The number of hydrogen-bond donors (Lipinski definition) is 1. The largest absolute Gasteiger partial charge is 0.355 e. The van der Waals surface area contributed by atoms with Gasteiger partial charge in [-0.2, -0.15) is 0 Å². The minimum absolute atomic E-state index is 0.0769. The molecule has 0 aliphatic carbocycles. The first kappa shape index (κ1) is 22.8. The number of nitrogens with zero attached hydrogens (tertiary/aromatic N) is 4. The molecule has 0 radical (unpaired) electrons. The number of Topliss-reactive ketones (excluding diaryl/α,β-unsaturated/α-hetero) is 2. The van der Waals surface area contributed by atoms with Crippen LogP contribution in [0.1, 0.15) is 44.6 Å². The van der Waals surface area contributed by atoms with Gasteiger partial charge < -0.3 is 4.98 Å². The molecule has 8 nitrogen and oxygen atoms in total. The van der Waals surface area contributed by atoms with Crippen LogP contribution in [-0.2, 0) is 0 Å². The first-order valence-electron chi connectivity index (χ1n) is 11.1. The number of aryl methyl sites for hydroxylation is 2. The molecule has 5 aromatic rings. The van der Waals surface area contributed by atoms with Crippen LogP contribution in [0, 0.1) is 20.8 Å². The van der Waals surface area contributed by atoms with Crippen molar-refractivity contribution in [3.63, 3.8) is 0 Å². The minimum atomic E-state index is -0.189. The van der Waals surface area contributed by atoms with Crippen molar-refractivity contribution in [2.24, 2.45) is 0 Å². The Hall–Kier alpha value is -3.98. The van der Waals surface area contributed by atoms with Crippen molar-refractivity contribution in [1.29, 1.82) is 0 Å². The van der Waals surface area contributed by atoms with E-state index in [2.05, 4.69) is 15.2 Å². The number of aromatic amines is 1. The molecule has 0 atom stereocenters. The molecule has 0 unspecified atom stereocenters. The maximum Gasteiger partial charge on any atom is 0.267 e. The average molecular weight is 486 g/mol. The molecule has 5 rings (SSSR count). The second-order valence-corrected chi connectivity index (χ2v) is 9.45. The fraction of sp³-hybridized carbons (Fsp3) is 0.192. The van der Waals surface area contributed by atoms with Gasteiger partial charge in [0, 0.05) is 11.3 Å². The van der Waals surface area contributed by atoms with Gasteiger partial charge >= 0.3 is 0 Å². The molecule has 3 heterocycles. The lowest BCUT2D eigenvalue weighted by molar-refractivity contribution is 0.101. The summed E-state index contributed by atoms with van der Waals surface area (Å²) in [6, 6.07) is 14.9. The number of ketones is 2. The lowest BCUT2D eigenvalue weighted by Gasteiger charge is -2.11. The Bertz CT molecular complexity index is 1690. The molecule has 0 saturated carbocycles. The van der Waals surface area contributed by atoms with Crippen molar-refractivity contribution in [3.05, 3.63) is 87.0 Å². The molecule has 0 aliphatic heterocycles. The van der Waals surface area contributed by atoms with Gasteiger partial charge in [0.05, 0.1) is 28.0 Å². The number of aromatic nitrogens is 5. The molecule has 35 heavy (non-hydrogen) atoms. The summed E-state index contributed by atoms with van der Waals surface area (Å²) >= 11 is 1.24. The van der Waals surface area contributed by atoms with E-state index in [0.29, 0.717) is 50.0 Å². The van der Waals surface area contributed by atoms with E-state index < -0.39 is 0 Å². The third kappa shape index (κ3) is 3.77. The molecule has 0 amide bonds. The van der Waals surface area contributed by atoms with Crippen molar-refractivity contribution in [3.8, 4) is 5.69 Å². The Kier molecular flexibility index (Phi) is 5.64. The molecular formula is C26H23N5O3S. The first-order valence-corrected chi connectivity index (χ1v) is 12.1. The Morgan fingerprint density at radius 3 is 2.40 bits per heavy atom. The Labute approximate surface area is 205 Å². The number of rotatable bonds is 6. The van der Waals surface area contributed by atoms with Crippen LogP contribution >= 0.6 is 11.8 Å². The van der Waals surface area contributed by atoms with Crippen LogP contribution in [0.2, 0.25) is 0 Å². The summed E-state index contributed by atoms with van der Waals surface area (Å²) in [5, 5.41) is 9.68. The summed E-state index contributed by atoms with van der Waals surface area (Å²) in [7, 11) is 0. The average Bonchev–Trinajstić information content (AvgIpc) is 3.39. The number of nitrogens with one attached hydrogen (secondary N) is 1. The standard InChI is InChI=1S/C26H23N5O3S/c1-14-9-11-18(12-10-14)30-24(34)19-7-5-6-8-20(19)31-25(30)28-29-26(31)35-13-21(33)23-15(2)22(17(4)32)16(3)27-23/h5-12,27H,13H2,1-4H3. The van der Waals surface area contributed by atoms with Gasteiger partial charge in [0.1, 0.15) is 0 Å². The number of para-hydroxylation sites is 1. The van der Waals surface area contributed by atoms with Gasteiger partial charge in [0.2, 0.25) is 5.78 Å². The van der Waals surface area contributed by atoms with Crippen LogP contribution in [0.25, 0.3) is 22.4 Å². The third-order valence-electron chi connectivity index (χ3n) is 6.09. The van der Waals surface area contributed by atoms with Crippen LogP contribution in [0.3, 0.4) is 0 Å². The molecule has 0 saturated heterocycles. The van der Waals surface area contributed by atoms with E-state index in [1.807, 2.05) is 53.8 Å². The van der Waals surface area contributed by atoms with Crippen molar-refractivity contribution in [2.75, 3.05) is 5.75 Å². The molecule has 0 fully saturated rings. The molecule has 2 aromatic carbocycles. The number of hydrogen-bond acceptors (Lipinski definition) is 6. The normalized spacial score (nSPS) is 11.4. The molecule has 176 valence electrons. The van der Waals surface area contributed by atoms with Crippen molar-refractivity contribution < 1.29 is 9.59 Å². The van der Waals surface area contributed by atoms with Crippen molar-refractivity contribution in [2.45, 2.75) is 32.9 Å². The zero-order valence-electron chi connectivity index (χ0n) is 19.7. The highest BCUT2D eigenvalue weighted by atomic mass is 32.2. The summed E-state index contributed by atoms with van der Waals surface area (Å²) in [6.07, 6.45) is 0. The summed E-state index contributed by atoms with van der Waals surface area (Å²) in [6.45, 7) is 7.04. The van der Waals surface area contributed by atoms with Gasteiger partial charge in [0.25, 0.3) is 5.56 Å². The SMILES string of the molecule is CC(=O)c1c(C)[nH]c(C(=O)CSc2nnc3n(-c4ccc(C)cc4)c(=O)c4ccccc4n23)c1C. The quantitative estimate of drug-likeness (QED) is 0.281. The molecular weight excluding hydrogens is 462 g/mol. The van der Waals surface area contributed by atoms with E-state index in [9.17, 15) is 14.4 Å². The summed E-state index contributed by atoms with van der Waals surface area (Å²) in [5.41, 5.74) is 4.57. The summed E-state index contributed by atoms with van der Waals surface area (Å²) in [5.74, 6) is 0.248. The molecule has 0 spiro atoms. The van der Waals surface area contributed by atoms with E-state index in [4.69, 9.17) is 0 Å². The summed E-state index contributed by atoms with van der Waals surface area (Å²) < 4.78 is 3.35. The highest BCUT2D eigenvalue weighted by Crippen LogP contribution is 2.25. The molecule has 9 heteroatoms. The molecule has 0 bridgehead atoms. The molecule has 1 N–H and O–H groups in total. The van der Waals surface area contributed by atoms with Gasteiger partial charge in [-0.1, -0.05) is 41.6 Å². The van der Waals surface area contributed by atoms with E-state index >= 15 is 0 Å². The monoisotopic (exact) mass is 485 g/mol. The topological polar surface area (TPSA) is 102 Å². The number of thioether (sulfide) groups is 1. The lowest BCUT2D eigenvalue weighted by Crippen LogP contribution is -2.21. The van der Waals surface area contributed by atoms with Crippen molar-refractivity contribution >= 4 is 40.0 Å². The third-order valence-corrected chi connectivity index (χ3v) is 7.02. The zero-order valence-corrected chi connectivity index (χ0v) is 20.6. The molecule has 0 aliphatic rings. The van der Waals surface area contributed by atoms with Gasteiger partial charge in [-0.25, -0.2) is 4.57 Å². The second kappa shape index (κ2) is 8.66. The fourth-order valence-electron chi connectivity index (χ4n) is 4.46. The van der Waals surface area contributed by atoms with Gasteiger partial charge in [-0.15, -0.1) is 10.2 Å². The van der Waals surface area contributed by atoms with Crippen LogP contribution < -0.4 is 5.56 Å². The van der Waals surface area contributed by atoms with Gasteiger partial charge in [-0.05, 0) is 57.5 Å². The number of H-pyrrole nitrogens is 1. The van der Waals surface area contributed by atoms with E-state index in [-0.39, 0.29) is 22.9 Å². The first-order chi connectivity index (χ1) is 16.8. The number of benzene rings is 2. The predicted molar refractivity (Wildman–Crippen MR) is 136 cm³/mol. The van der Waals surface area contributed by atoms with Crippen LogP contribution in [0.15, 0.2) is 58.5 Å². The molecule has 3 aromatic heterocycles. The van der Waals surface area contributed by atoms with E-state index in [1.54, 1.807) is 19.9 Å².